The molecule has 0 saturated heterocycles. The Bertz CT molecular complexity index is 1550. The Morgan fingerprint density at radius 2 is 1.64 bits per heavy atom. The number of benzene rings is 3. The number of aliphatic hydroxyl groups is 1. The zero-order chi connectivity index (χ0) is 27.5. The number of aliphatic hydroxyl groups excluding tert-OH is 1. The number of amides is 1. The van der Waals surface area contributed by atoms with E-state index in [9.17, 15) is 14.7 Å². The average Bonchev–Trinajstić information content (AvgIpc) is 3.42. The maximum Gasteiger partial charge on any atom is 0.290 e. The minimum Gasteiger partial charge on any atom is -0.503 e. The van der Waals surface area contributed by atoms with Crippen molar-refractivity contribution in [1.82, 2.24) is 9.88 Å². The fourth-order valence-electron chi connectivity index (χ4n) is 4.75. The molecule has 1 atom stereocenters. The molecule has 0 fully saturated rings. The number of thiazole rings is 1. The van der Waals surface area contributed by atoms with E-state index in [1.54, 1.807) is 32.2 Å². The smallest absolute Gasteiger partial charge is 0.290 e. The molecule has 4 aromatic rings. The number of hydrogen-bond acceptors (Lipinski definition) is 7. The van der Waals surface area contributed by atoms with Crippen LogP contribution in [0.2, 0.25) is 0 Å². The van der Waals surface area contributed by atoms with Gasteiger partial charge in [0.2, 0.25) is 5.78 Å². The number of aromatic nitrogens is 1. The van der Waals surface area contributed by atoms with Gasteiger partial charge in [0.15, 0.2) is 17.3 Å². The van der Waals surface area contributed by atoms with Crippen LogP contribution in [-0.4, -0.2) is 33.8 Å². The van der Waals surface area contributed by atoms with Crippen LogP contribution >= 0.6 is 11.3 Å². The van der Waals surface area contributed by atoms with Gasteiger partial charge < -0.3 is 19.5 Å². The lowest BCUT2D eigenvalue weighted by Crippen LogP contribution is -2.30. The molecular weight excluding hydrogens is 512 g/mol. The van der Waals surface area contributed by atoms with E-state index < -0.39 is 23.5 Å². The summed E-state index contributed by atoms with van der Waals surface area (Å²) in [6, 6.07) is 23.7. The second-order valence-electron chi connectivity index (χ2n) is 9.24. The van der Waals surface area contributed by atoms with Gasteiger partial charge in [0.05, 0.1) is 34.3 Å². The van der Waals surface area contributed by atoms with Crippen molar-refractivity contribution in [3.63, 3.8) is 0 Å². The Morgan fingerprint density at radius 3 is 2.26 bits per heavy atom. The first-order valence-corrected chi connectivity index (χ1v) is 13.3. The Labute approximate surface area is 231 Å². The van der Waals surface area contributed by atoms with Crippen molar-refractivity contribution in [2.24, 2.45) is 0 Å². The lowest BCUT2D eigenvalue weighted by molar-refractivity contribution is -0.130. The van der Waals surface area contributed by atoms with E-state index in [0.717, 1.165) is 16.1 Å². The monoisotopic (exact) mass is 540 g/mol. The van der Waals surface area contributed by atoms with Gasteiger partial charge in [0.1, 0.15) is 6.61 Å². The van der Waals surface area contributed by atoms with Gasteiger partial charge in [-0.3, -0.25) is 9.59 Å². The number of ketones is 1. The van der Waals surface area contributed by atoms with Crippen LogP contribution in [0.15, 0.2) is 90.2 Å². The van der Waals surface area contributed by atoms with E-state index in [1.165, 1.54) is 16.2 Å². The third kappa shape index (κ3) is 5.28. The van der Waals surface area contributed by atoms with E-state index in [1.807, 2.05) is 67.6 Å². The number of Topliss-reactive ketones (excluding diaryl/α,β-unsaturated/α-hetero) is 1. The Kier molecular flexibility index (Phi) is 7.47. The fraction of sp³-hybridized carbons (Fsp3) is 0.194. The molecule has 39 heavy (non-hydrogen) atoms. The number of aryl methyl sites for hydroxylation is 2. The summed E-state index contributed by atoms with van der Waals surface area (Å²) in [5, 5.41) is 11.8. The van der Waals surface area contributed by atoms with Gasteiger partial charge in [0.25, 0.3) is 5.91 Å². The van der Waals surface area contributed by atoms with Crippen LogP contribution in [0.1, 0.15) is 43.1 Å². The standard InChI is InChI=1S/C31H28N2O5S/c1-19-30(39-20(2)32-19)28(34)26-27(33(31(36)29(26)35)17-21-10-6-4-7-11-21)23-14-15-24(25(16-23)37-3)38-18-22-12-8-5-9-13-22/h4-16,27,35H,17-18H2,1-3H3. The quantitative estimate of drug-likeness (QED) is 0.257. The fourth-order valence-corrected chi connectivity index (χ4v) is 5.62. The average molecular weight is 541 g/mol. The molecule has 0 saturated carbocycles. The summed E-state index contributed by atoms with van der Waals surface area (Å²) in [4.78, 5) is 33.5. The Hall–Kier alpha value is -4.43. The van der Waals surface area contributed by atoms with Gasteiger partial charge in [0, 0.05) is 6.54 Å². The third-order valence-corrected chi connectivity index (χ3v) is 7.67. The lowest BCUT2D eigenvalue weighted by atomic mass is 9.94. The number of rotatable bonds is 9. The van der Waals surface area contributed by atoms with Crippen LogP contribution in [0.3, 0.4) is 0 Å². The van der Waals surface area contributed by atoms with Gasteiger partial charge in [-0.15, -0.1) is 11.3 Å². The molecule has 1 aliphatic heterocycles. The van der Waals surface area contributed by atoms with Crippen LogP contribution in [-0.2, 0) is 17.9 Å². The number of nitrogens with zero attached hydrogens (tertiary/aromatic N) is 2. The van der Waals surface area contributed by atoms with Crippen molar-refractivity contribution < 1.29 is 24.2 Å². The third-order valence-electron chi connectivity index (χ3n) is 6.59. The van der Waals surface area contributed by atoms with Gasteiger partial charge in [-0.05, 0) is 42.7 Å². The van der Waals surface area contributed by atoms with Gasteiger partial charge in [-0.1, -0.05) is 66.7 Å². The highest BCUT2D eigenvalue weighted by atomic mass is 32.1. The highest BCUT2D eigenvalue weighted by Crippen LogP contribution is 2.43. The van der Waals surface area contributed by atoms with E-state index in [0.29, 0.717) is 34.2 Å². The van der Waals surface area contributed by atoms with Crippen molar-refractivity contribution in [3.05, 3.63) is 122 Å². The number of ether oxygens (including phenoxy) is 2. The van der Waals surface area contributed by atoms with Crippen molar-refractivity contribution in [2.75, 3.05) is 7.11 Å². The minimum absolute atomic E-state index is 0.0303. The van der Waals surface area contributed by atoms with Crippen LogP contribution in [0, 0.1) is 13.8 Å². The van der Waals surface area contributed by atoms with Crippen molar-refractivity contribution in [2.45, 2.75) is 33.0 Å². The zero-order valence-electron chi connectivity index (χ0n) is 21.9. The van der Waals surface area contributed by atoms with E-state index in [-0.39, 0.29) is 12.1 Å². The first-order valence-electron chi connectivity index (χ1n) is 12.5. The topological polar surface area (TPSA) is 89.0 Å². The molecule has 1 aliphatic rings. The molecule has 8 heteroatoms. The first kappa shape index (κ1) is 26.2. The summed E-state index contributed by atoms with van der Waals surface area (Å²) in [5.74, 6) is -0.574. The van der Waals surface area contributed by atoms with E-state index in [4.69, 9.17) is 9.47 Å². The Morgan fingerprint density at radius 1 is 0.974 bits per heavy atom. The van der Waals surface area contributed by atoms with Crippen LogP contribution in [0.5, 0.6) is 11.5 Å². The molecule has 7 nitrogen and oxygen atoms in total. The molecule has 3 aromatic carbocycles. The van der Waals surface area contributed by atoms with Crippen LogP contribution in [0.4, 0.5) is 0 Å². The number of methoxy groups -OCH3 is 1. The summed E-state index contributed by atoms with van der Waals surface area (Å²) in [5.41, 5.74) is 3.10. The summed E-state index contributed by atoms with van der Waals surface area (Å²) in [6.45, 7) is 4.14. The lowest BCUT2D eigenvalue weighted by Gasteiger charge is -2.27. The molecule has 5 rings (SSSR count). The molecule has 2 heterocycles. The molecular formula is C31H28N2O5S. The molecule has 0 bridgehead atoms. The molecule has 1 amide bonds. The highest BCUT2D eigenvalue weighted by Gasteiger charge is 2.44. The van der Waals surface area contributed by atoms with Gasteiger partial charge in [-0.25, -0.2) is 4.98 Å². The summed E-state index contributed by atoms with van der Waals surface area (Å²) >= 11 is 1.25. The molecule has 0 spiro atoms. The normalized spacial score (nSPS) is 15.1. The van der Waals surface area contributed by atoms with E-state index >= 15 is 0 Å². The number of carbonyl (C=O) groups is 2. The SMILES string of the molecule is COc1cc(C2C(C(=O)c3sc(C)nc3C)=C(O)C(=O)N2Cc2ccccc2)ccc1OCc1ccccc1. The van der Waals surface area contributed by atoms with Gasteiger partial charge in [-0.2, -0.15) is 0 Å². The van der Waals surface area contributed by atoms with E-state index in [2.05, 4.69) is 4.98 Å². The molecule has 198 valence electrons. The summed E-state index contributed by atoms with van der Waals surface area (Å²) in [6.07, 6.45) is 0. The van der Waals surface area contributed by atoms with Crippen LogP contribution in [0.25, 0.3) is 0 Å². The molecule has 1 N–H and O–H groups in total. The Balaban J connectivity index is 1.55. The minimum atomic E-state index is -0.830. The first-order chi connectivity index (χ1) is 18.9. The highest BCUT2D eigenvalue weighted by molar-refractivity contribution is 7.14. The predicted octanol–water partition coefficient (Wildman–Crippen LogP) is 6.13. The maximum atomic E-state index is 13.8. The summed E-state index contributed by atoms with van der Waals surface area (Å²) in [7, 11) is 1.54. The van der Waals surface area contributed by atoms with Gasteiger partial charge >= 0.3 is 0 Å². The number of carbonyl (C=O) groups excluding carboxylic acids is 2. The number of hydrogen-bond donors (Lipinski definition) is 1. The van der Waals surface area contributed by atoms with Crippen molar-refractivity contribution in [1.29, 1.82) is 0 Å². The molecule has 1 unspecified atom stereocenters. The molecule has 0 aliphatic carbocycles. The maximum absolute atomic E-state index is 13.8. The molecule has 1 aromatic heterocycles. The van der Waals surface area contributed by atoms with Crippen molar-refractivity contribution >= 4 is 23.0 Å². The second kappa shape index (κ2) is 11.1. The summed E-state index contributed by atoms with van der Waals surface area (Å²) < 4.78 is 11.7. The van der Waals surface area contributed by atoms with Crippen molar-refractivity contribution in [3.8, 4) is 11.5 Å². The molecule has 0 radical (unpaired) electrons. The largest absolute Gasteiger partial charge is 0.503 e. The zero-order valence-corrected chi connectivity index (χ0v) is 22.7. The predicted molar refractivity (Wildman–Crippen MR) is 149 cm³/mol. The van der Waals surface area contributed by atoms with Crippen LogP contribution < -0.4 is 9.47 Å². The second-order valence-corrected chi connectivity index (χ2v) is 10.4.